The van der Waals surface area contributed by atoms with Gasteiger partial charge >= 0.3 is 0 Å². The topological polar surface area (TPSA) is 38.7 Å². The molecule has 0 radical (unpaired) electrons. The average molecular weight is 311 g/mol. The van der Waals surface area contributed by atoms with Crippen molar-refractivity contribution < 1.29 is 19.0 Å². The number of rotatable bonds is 6. The number of aliphatic hydroxyl groups is 1. The van der Waals surface area contributed by atoms with Crippen molar-refractivity contribution in [1.29, 1.82) is 0 Å². The number of benzene rings is 2. The molecule has 3 nitrogen and oxygen atoms in total. The first-order chi connectivity index (χ1) is 10.2. The molecule has 2 aromatic rings. The van der Waals surface area contributed by atoms with Gasteiger partial charge < -0.3 is 14.6 Å². The largest absolute Gasteiger partial charge is 0.490 e. The summed E-state index contributed by atoms with van der Waals surface area (Å²) in [5, 5.41) is 9.20. The van der Waals surface area contributed by atoms with E-state index in [1.165, 1.54) is 6.07 Å². The lowest BCUT2D eigenvalue weighted by molar-refractivity contribution is 0.261. The summed E-state index contributed by atoms with van der Waals surface area (Å²) in [5.74, 6) is 0.531. The second-order valence-electron chi connectivity index (χ2n) is 4.37. The Morgan fingerprint density at radius 3 is 2.67 bits per heavy atom. The van der Waals surface area contributed by atoms with Crippen molar-refractivity contribution in [2.45, 2.75) is 20.1 Å². The Balaban J connectivity index is 2.17. The Labute approximate surface area is 127 Å². The molecule has 0 aliphatic heterocycles. The highest BCUT2D eigenvalue weighted by Gasteiger charge is 2.10. The quantitative estimate of drug-likeness (QED) is 0.878. The molecule has 2 aromatic carbocycles. The molecule has 2 rings (SSSR count). The van der Waals surface area contributed by atoms with Crippen molar-refractivity contribution in [1.82, 2.24) is 0 Å². The predicted molar refractivity (Wildman–Crippen MR) is 79.3 cm³/mol. The molecule has 0 amide bonds. The maximum Gasteiger partial charge on any atom is 0.161 e. The van der Waals surface area contributed by atoms with Gasteiger partial charge in [0.2, 0.25) is 0 Å². The van der Waals surface area contributed by atoms with Crippen molar-refractivity contribution in [3.63, 3.8) is 0 Å². The van der Waals surface area contributed by atoms with E-state index in [1.807, 2.05) is 6.92 Å². The summed E-state index contributed by atoms with van der Waals surface area (Å²) in [6.45, 7) is 2.29. The van der Waals surface area contributed by atoms with E-state index in [4.69, 9.17) is 26.2 Å². The summed E-state index contributed by atoms with van der Waals surface area (Å²) < 4.78 is 24.9. The van der Waals surface area contributed by atoms with E-state index in [2.05, 4.69) is 0 Å². The van der Waals surface area contributed by atoms with Gasteiger partial charge in [-0.05, 0) is 30.7 Å². The van der Waals surface area contributed by atoms with Gasteiger partial charge in [-0.2, -0.15) is 0 Å². The van der Waals surface area contributed by atoms with Crippen LogP contribution in [0.3, 0.4) is 0 Å². The summed E-state index contributed by atoms with van der Waals surface area (Å²) in [5.41, 5.74) is 1.09. The van der Waals surface area contributed by atoms with E-state index < -0.39 is 5.82 Å². The van der Waals surface area contributed by atoms with Crippen LogP contribution in [0, 0.1) is 5.82 Å². The molecule has 0 aliphatic carbocycles. The normalized spacial score (nSPS) is 10.5. The van der Waals surface area contributed by atoms with E-state index in [-0.39, 0.29) is 18.2 Å². The lowest BCUT2D eigenvalue weighted by Gasteiger charge is -2.13. The lowest BCUT2D eigenvalue weighted by Crippen LogP contribution is -2.02. The molecule has 0 bridgehead atoms. The number of hydrogen-bond donors (Lipinski definition) is 1. The monoisotopic (exact) mass is 310 g/mol. The standard InChI is InChI=1S/C16H16ClFO3/c1-2-20-15-8-11(9-19)6-7-14(15)21-10-12-4-3-5-13(17)16(12)18/h3-8,19H,2,9-10H2,1H3. The molecule has 0 aliphatic rings. The summed E-state index contributed by atoms with van der Waals surface area (Å²) >= 11 is 5.73. The van der Waals surface area contributed by atoms with Crippen LogP contribution in [0.1, 0.15) is 18.1 Å². The Bertz CT molecular complexity index is 616. The third-order valence-corrected chi connectivity index (χ3v) is 3.20. The van der Waals surface area contributed by atoms with Gasteiger partial charge in [0.25, 0.3) is 0 Å². The van der Waals surface area contributed by atoms with Gasteiger partial charge in [-0.3, -0.25) is 0 Å². The Morgan fingerprint density at radius 2 is 1.95 bits per heavy atom. The Morgan fingerprint density at radius 1 is 1.14 bits per heavy atom. The lowest BCUT2D eigenvalue weighted by atomic mass is 10.2. The van der Waals surface area contributed by atoms with Gasteiger partial charge in [0.15, 0.2) is 11.5 Å². The highest BCUT2D eigenvalue weighted by molar-refractivity contribution is 6.30. The SMILES string of the molecule is CCOc1cc(CO)ccc1OCc1cccc(Cl)c1F. The fourth-order valence-electron chi connectivity index (χ4n) is 1.85. The molecule has 0 atom stereocenters. The van der Waals surface area contributed by atoms with Crippen LogP contribution in [-0.4, -0.2) is 11.7 Å². The van der Waals surface area contributed by atoms with E-state index in [9.17, 15) is 4.39 Å². The first kappa shape index (κ1) is 15.6. The highest BCUT2D eigenvalue weighted by Crippen LogP contribution is 2.30. The van der Waals surface area contributed by atoms with Gasteiger partial charge in [-0.1, -0.05) is 29.8 Å². The van der Waals surface area contributed by atoms with Crippen molar-refractivity contribution in [2.24, 2.45) is 0 Å². The molecule has 112 valence electrons. The van der Waals surface area contributed by atoms with Crippen molar-refractivity contribution >= 4 is 11.6 Å². The third kappa shape index (κ3) is 3.86. The number of hydrogen-bond acceptors (Lipinski definition) is 3. The van der Waals surface area contributed by atoms with E-state index >= 15 is 0 Å². The van der Waals surface area contributed by atoms with Crippen LogP contribution in [0.5, 0.6) is 11.5 Å². The first-order valence-electron chi connectivity index (χ1n) is 6.58. The van der Waals surface area contributed by atoms with Crippen LogP contribution in [0.2, 0.25) is 5.02 Å². The molecule has 21 heavy (non-hydrogen) atoms. The zero-order valence-electron chi connectivity index (χ0n) is 11.6. The molecular weight excluding hydrogens is 295 g/mol. The number of ether oxygens (including phenoxy) is 2. The molecule has 0 aromatic heterocycles. The zero-order chi connectivity index (χ0) is 15.2. The van der Waals surface area contributed by atoms with Crippen LogP contribution in [0.4, 0.5) is 4.39 Å². The minimum Gasteiger partial charge on any atom is -0.490 e. The molecule has 0 saturated heterocycles. The van der Waals surface area contributed by atoms with E-state index in [1.54, 1.807) is 30.3 Å². The maximum absolute atomic E-state index is 13.8. The fourth-order valence-corrected chi connectivity index (χ4v) is 2.05. The van der Waals surface area contributed by atoms with Crippen molar-refractivity contribution in [3.05, 3.63) is 58.4 Å². The van der Waals surface area contributed by atoms with Crippen molar-refractivity contribution in [2.75, 3.05) is 6.61 Å². The van der Waals surface area contributed by atoms with Crippen LogP contribution < -0.4 is 9.47 Å². The summed E-state index contributed by atoms with van der Waals surface area (Å²) in [6, 6.07) is 9.90. The Kier molecular flexibility index (Phi) is 5.42. The molecule has 0 heterocycles. The van der Waals surface area contributed by atoms with Gasteiger partial charge in [-0.15, -0.1) is 0 Å². The average Bonchev–Trinajstić information content (AvgIpc) is 2.50. The molecule has 0 unspecified atom stereocenters. The van der Waals surface area contributed by atoms with Gasteiger partial charge in [0.05, 0.1) is 18.2 Å². The van der Waals surface area contributed by atoms with E-state index in [0.717, 1.165) is 5.56 Å². The van der Waals surface area contributed by atoms with Crippen LogP contribution in [0.15, 0.2) is 36.4 Å². The summed E-state index contributed by atoms with van der Waals surface area (Å²) in [4.78, 5) is 0. The molecule has 0 fully saturated rings. The highest BCUT2D eigenvalue weighted by atomic mass is 35.5. The predicted octanol–water partition coefficient (Wildman–Crippen LogP) is 3.95. The second-order valence-corrected chi connectivity index (χ2v) is 4.78. The smallest absolute Gasteiger partial charge is 0.161 e. The first-order valence-corrected chi connectivity index (χ1v) is 6.95. The van der Waals surface area contributed by atoms with Crippen LogP contribution >= 0.6 is 11.6 Å². The molecule has 0 saturated carbocycles. The number of aliphatic hydroxyl groups excluding tert-OH is 1. The third-order valence-electron chi connectivity index (χ3n) is 2.91. The number of halogens is 2. The molecule has 0 spiro atoms. The molecule has 5 heteroatoms. The maximum atomic E-state index is 13.8. The van der Waals surface area contributed by atoms with Gasteiger partial charge in [0.1, 0.15) is 12.4 Å². The Hall–Kier alpha value is -1.78. The van der Waals surface area contributed by atoms with Crippen LogP contribution in [0.25, 0.3) is 0 Å². The second kappa shape index (κ2) is 7.29. The minimum absolute atomic E-state index is 0.0466. The van der Waals surface area contributed by atoms with Gasteiger partial charge in [-0.25, -0.2) is 4.39 Å². The van der Waals surface area contributed by atoms with E-state index in [0.29, 0.717) is 23.7 Å². The molecular formula is C16H16ClFO3. The van der Waals surface area contributed by atoms with Crippen molar-refractivity contribution in [3.8, 4) is 11.5 Å². The molecule has 1 N–H and O–H groups in total. The fraction of sp³-hybridized carbons (Fsp3) is 0.250. The van der Waals surface area contributed by atoms with Gasteiger partial charge in [0, 0.05) is 5.56 Å². The summed E-state index contributed by atoms with van der Waals surface area (Å²) in [7, 11) is 0. The zero-order valence-corrected chi connectivity index (χ0v) is 12.4. The summed E-state index contributed by atoms with van der Waals surface area (Å²) in [6.07, 6.45) is 0. The van der Waals surface area contributed by atoms with Crippen LogP contribution in [-0.2, 0) is 13.2 Å². The minimum atomic E-state index is -0.482.